The number of hydrogen-bond donors (Lipinski definition) is 2. The van der Waals surface area contributed by atoms with Gasteiger partial charge in [-0.15, -0.1) is 0 Å². The van der Waals surface area contributed by atoms with Crippen LogP contribution in [0.15, 0.2) is 48.9 Å². The Hall–Kier alpha value is -3.22. The summed E-state index contributed by atoms with van der Waals surface area (Å²) in [5, 5.41) is 5.97. The van der Waals surface area contributed by atoms with E-state index in [1.165, 1.54) is 17.8 Å². The first-order valence-corrected chi connectivity index (χ1v) is 8.68. The second-order valence-corrected chi connectivity index (χ2v) is 6.92. The van der Waals surface area contributed by atoms with Gasteiger partial charge in [0.1, 0.15) is 5.82 Å². The molecule has 3 aromatic rings. The number of nitrogens with one attached hydrogen (secondary N) is 1. The van der Waals surface area contributed by atoms with Gasteiger partial charge < -0.3 is 16.0 Å². The largest absolute Gasteiger partial charge is 0.366 e. The number of benzene rings is 1. The maximum atomic E-state index is 11.1. The van der Waals surface area contributed by atoms with Crippen LogP contribution in [0.4, 0.5) is 11.8 Å². The Kier molecular flexibility index (Phi) is 3.28. The van der Waals surface area contributed by atoms with Gasteiger partial charge in [0, 0.05) is 54.9 Å². The number of fused-ring (bicyclic) bond motifs is 2. The van der Waals surface area contributed by atoms with Gasteiger partial charge in [-0.2, -0.15) is 0 Å². The van der Waals surface area contributed by atoms with Crippen molar-refractivity contribution in [2.75, 3.05) is 23.3 Å². The van der Waals surface area contributed by atoms with Crippen LogP contribution in [0, 0.1) is 11.8 Å². The summed E-state index contributed by atoms with van der Waals surface area (Å²) < 4.78 is 0. The molecule has 1 aliphatic heterocycles. The van der Waals surface area contributed by atoms with E-state index < -0.39 is 5.91 Å². The SMILES string of the molecule is NC(=O)c1cnc(N2CC3C(C2)C3Nc2nccc3ccccc23)nc1. The lowest BCUT2D eigenvalue weighted by Crippen LogP contribution is -2.29. The van der Waals surface area contributed by atoms with E-state index in [4.69, 9.17) is 5.73 Å². The summed E-state index contributed by atoms with van der Waals surface area (Å²) in [6.07, 6.45) is 4.83. The van der Waals surface area contributed by atoms with Crippen molar-refractivity contribution in [2.45, 2.75) is 6.04 Å². The van der Waals surface area contributed by atoms with Crippen LogP contribution in [-0.4, -0.2) is 40.0 Å². The fourth-order valence-electron chi connectivity index (χ4n) is 3.91. The third-order valence-corrected chi connectivity index (χ3v) is 5.38. The van der Waals surface area contributed by atoms with E-state index in [0.29, 0.717) is 29.4 Å². The van der Waals surface area contributed by atoms with E-state index in [9.17, 15) is 4.79 Å². The van der Waals surface area contributed by atoms with Gasteiger partial charge in [-0.3, -0.25) is 4.79 Å². The van der Waals surface area contributed by atoms with Crippen LogP contribution in [0.3, 0.4) is 0 Å². The standard InChI is InChI=1S/C19H18N6O/c20-17(26)12-7-22-19(23-8-12)25-9-14-15(10-25)16(14)24-18-13-4-2-1-3-11(13)5-6-21-18/h1-8,14-16H,9-10H2,(H2,20,26)(H,21,24). The molecule has 2 aromatic heterocycles. The van der Waals surface area contributed by atoms with Crippen molar-refractivity contribution < 1.29 is 4.79 Å². The summed E-state index contributed by atoms with van der Waals surface area (Å²) in [4.78, 5) is 26.3. The highest BCUT2D eigenvalue weighted by molar-refractivity contribution is 5.92. The van der Waals surface area contributed by atoms with Crippen molar-refractivity contribution in [3.05, 3.63) is 54.5 Å². The first-order valence-electron chi connectivity index (χ1n) is 8.68. The van der Waals surface area contributed by atoms with Crippen molar-refractivity contribution in [3.63, 3.8) is 0 Å². The van der Waals surface area contributed by atoms with E-state index in [1.807, 2.05) is 24.4 Å². The van der Waals surface area contributed by atoms with Gasteiger partial charge in [0.15, 0.2) is 0 Å². The third-order valence-electron chi connectivity index (χ3n) is 5.38. The number of aromatic nitrogens is 3. The van der Waals surface area contributed by atoms with Gasteiger partial charge in [-0.05, 0) is 11.5 Å². The van der Waals surface area contributed by atoms with Crippen LogP contribution < -0.4 is 16.0 Å². The first-order chi connectivity index (χ1) is 12.7. The third kappa shape index (κ3) is 2.44. The number of rotatable bonds is 4. The number of nitrogens with zero attached hydrogens (tertiary/aromatic N) is 4. The first kappa shape index (κ1) is 15.1. The average Bonchev–Trinajstić information content (AvgIpc) is 3.11. The fourth-order valence-corrected chi connectivity index (χ4v) is 3.91. The molecule has 2 atom stereocenters. The molecule has 0 radical (unpaired) electrons. The topological polar surface area (TPSA) is 97.0 Å². The van der Waals surface area contributed by atoms with E-state index in [0.717, 1.165) is 24.3 Å². The molecule has 1 aliphatic carbocycles. The number of carbonyl (C=O) groups is 1. The summed E-state index contributed by atoms with van der Waals surface area (Å²) in [5.74, 6) is 2.23. The van der Waals surface area contributed by atoms with Gasteiger partial charge in [0.05, 0.1) is 5.56 Å². The Morgan fingerprint density at radius 1 is 1.08 bits per heavy atom. The molecular formula is C19H18N6O. The zero-order valence-corrected chi connectivity index (χ0v) is 14.0. The number of carbonyl (C=O) groups excluding carboxylic acids is 1. The molecule has 7 nitrogen and oxygen atoms in total. The van der Waals surface area contributed by atoms with Gasteiger partial charge >= 0.3 is 0 Å². The number of amides is 1. The van der Waals surface area contributed by atoms with E-state index in [-0.39, 0.29) is 0 Å². The molecular weight excluding hydrogens is 328 g/mol. The number of nitrogens with two attached hydrogens (primary N) is 1. The molecule has 3 heterocycles. The quantitative estimate of drug-likeness (QED) is 0.746. The van der Waals surface area contributed by atoms with Gasteiger partial charge in [0.25, 0.3) is 5.91 Å². The molecule has 2 unspecified atom stereocenters. The van der Waals surface area contributed by atoms with Crippen molar-refractivity contribution in [2.24, 2.45) is 17.6 Å². The number of hydrogen-bond acceptors (Lipinski definition) is 6. The van der Waals surface area contributed by atoms with E-state index in [2.05, 4.69) is 37.3 Å². The van der Waals surface area contributed by atoms with Crippen molar-refractivity contribution in [1.29, 1.82) is 0 Å². The number of anilines is 2. The van der Waals surface area contributed by atoms with Gasteiger partial charge in [0.2, 0.25) is 5.95 Å². The van der Waals surface area contributed by atoms with Crippen molar-refractivity contribution in [1.82, 2.24) is 15.0 Å². The molecule has 3 N–H and O–H groups in total. The molecule has 0 bridgehead atoms. The predicted octanol–water partition coefficient (Wildman–Crippen LogP) is 1.67. The number of primary amides is 1. The second-order valence-electron chi connectivity index (χ2n) is 6.92. The molecule has 130 valence electrons. The average molecular weight is 346 g/mol. The molecule has 1 aromatic carbocycles. The van der Waals surface area contributed by atoms with Crippen LogP contribution in [-0.2, 0) is 0 Å². The molecule has 2 fully saturated rings. The van der Waals surface area contributed by atoms with Crippen LogP contribution in [0.2, 0.25) is 0 Å². The minimum atomic E-state index is -0.507. The summed E-state index contributed by atoms with van der Waals surface area (Å²) >= 11 is 0. The lowest BCUT2D eigenvalue weighted by atomic mass is 10.1. The Morgan fingerprint density at radius 3 is 2.54 bits per heavy atom. The summed E-state index contributed by atoms with van der Waals surface area (Å²) in [7, 11) is 0. The number of piperidine rings is 1. The summed E-state index contributed by atoms with van der Waals surface area (Å²) in [6.45, 7) is 1.81. The predicted molar refractivity (Wildman–Crippen MR) is 98.9 cm³/mol. The Bertz CT molecular complexity index is 971. The normalized spacial score (nSPS) is 23.7. The van der Waals surface area contributed by atoms with E-state index >= 15 is 0 Å². The maximum absolute atomic E-state index is 11.1. The fraction of sp³-hybridized carbons (Fsp3) is 0.263. The van der Waals surface area contributed by atoms with E-state index in [1.54, 1.807) is 0 Å². The molecule has 1 amide bonds. The number of pyridine rings is 1. The summed E-state index contributed by atoms with van der Waals surface area (Å²) in [5.41, 5.74) is 5.56. The molecule has 1 saturated heterocycles. The Labute approximate surface area is 150 Å². The highest BCUT2D eigenvalue weighted by atomic mass is 16.1. The highest BCUT2D eigenvalue weighted by Gasteiger charge is 2.56. The molecule has 0 spiro atoms. The molecule has 1 saturated carbocycles. The maximum Gasteiger partial charge on any atom is 0.251 e. The molecule has 7 heteroatoms. The van der Waals surface area contributed by atoms with Crippen molar-refractivity contribution >= 4 is 28.4 Å². The van der Waals surface area contributed by atoms with Gasteiger partial charge in [-0.1, -0.05) is 24.3 Å². The molecule has 26 heavy (non-hydrogen) atoms. The Balaban J connectivity index is 1.27. The molecule has 2 aliphatic rings. The zero-order chi connectivity index (χ0) is 17.7. The van der Waals surface area contributed by atoms with Crippen LogP contribution in [0.5, 0.6) is 0 Å². The lowest BCUT2D eigenvalue weighted by Gasteiger charge is -2.20. The second kappa shape index (κ2) is 5.66. The van der Waals surface area contributed by atoms with Crippen LogP contribution in [0.25, 0.3) is 10.8 Å². The Morgan fingerprint density at radius 2 is 1.81 bits per heavy atom. The minimum absolute atomic E-state index is 0.333. The monoisotopic (exact) mass is 346 g/mol. The van der Waals surface area contributed by atoms with Crippen molar-refractivity contribution in [3.8, 4) is 0 Å². The smallest absolute Gasteiger partial charge is 0.251 e. The zero-order valence-electron chi connectivity index (χ0n) is 14.0. The van der Waals surface area contributed by atoms with Crippen LogP contribution >= 0.6 is 0 Å². The lowest BCUT2D eigenvalue weighted by molar-refractivity contribution is 0.0999. The van der Waals surface area contributed by atoms with Gasteiger partial charge in [-0.25, -0.2) is 15.0 Å². The van der Waals surface area contributed by atoms with Crippen LogP contribution in [0.1, 0.15) is 10.4 Å². The minimum Gasteiger partial charge on any atom is -0.366 e. The highest BCUT2D eigenvalue weighted by Crippen LogP contribution is 2.48. The summed E-state index contributed by atoms with van der Waals surface area (Å²) in [6, 6.07) is 10.8. The molecule has 5 rings (SSSR count).